The summed E-state index contributed by atoms with van der Waals surface area (Å²) in [5.74, 6) is 0.0827. The maximum Gasteiger partial charge on any atom is 0.230 e. The molecule has 0 aliphatic heterocycles. The lowest BCUT2D eigenvalue weighted by atomic mass is 9.94. The Balaban J connectivity index is 2.31. The van der Waals surface area contributed by atoms with E-state index in [9.17, 15) is 4.79 Å². The molecule has 0 unspecified atom stereocenters. The highest BCUT2D eigenvalue weighted by molar-refractivity contribution is 5.84. The Bertz CT molecular complexity index is 713. The average molecular weight is 354 g/mol. The van der Waals surface area contributed by atoms with Crippen molar-refractivity contribution in [3.63, 3.8) is 0 Å². The number of carbonyl (C=O) groups is 1. The predicted molar refractivity (Wildman–Crippen MR) is 110 cm³/mol. The average Bonchev–Trinajstić information content (AvgIpc) is 2.62. The second-order valence-electron chi connectivity index (χ2n) is 6.91. The molecule has 26 heavy (non-hydrogen) atoms. The number of amides is 1. The van der Waals surface area contributed by atoms with Gasteiger partial charge < -0.3 is 15.5 Å². The number of carbonyl (C=O) groups excluding carboxylic acids is 1. The van der Waals surface area contributed by atoms with Crippen LogP contribution in [-0.4, -0.2) is 31.4 Å². The standard InChI is InChI=1S/C22H31N3O/c1-5-14-25(16-18-15-19(23)12-13-21(18)24(3)4)22(26)20(6-2)17-10-8-7-9-11-17/h7-13,15,20H,5-6,14,16,23H2,1-4H3/t20-/m1/s1. The van der Waals surface area contributed by atoms with Gasteiger partial charge in [0.1, 0.15) is 0 Å². The molecule has 2 rings (SSSR count). The Morgan fingerprint density at radius 3 is 2.35 bits per heavy atom. The van der Waals surface area contributed by atoms with Crippen LogP contribution in [0.2, 0.25) is 0 Å². The summed E-state index contributed by atoms with van der Waals surface area (Å²) in [4.78, 5) is 17.4. The molecule has 0 saturated heterocycles. The van der Waals surface area contributed by atoms with Crippen molar-refractivity contribution in [2.45, 2.75) is 39.2 Å². The van der Waals surface area contributed by atoms with Crippen LogP contribution < -0.4 is 10.6 Å². The first-order valence-electron chi connectivity index (χ1n) is 9.37. The minimum absolute atomic E-state index is 0.105. The molecule has 2 N–H and O–H groups in total. The van der Waals surface area contributed by atoms with Crippen molar-refractivity contribution in [3.8, 4) is 0 Å². The molecule has 0 heterocycles. The number of anilines is 2. The van der Waals surface area contributed by atoms with E-state index in [0.717, 1.165) is 41.9 Å². The van der Waals surface area contributed by atoms with E-state index in [4.69, 9.17) is 5.73 Å². The van der Waals surface area contributed by atoms with E-state index in [2.05, 4.69) is 18.7 Å². The van der Waals surface area contributed by atoms with Gasteiger partial charge in [-0.05, 0) is 42.2 Å². The van der Waals surface area contributed by atoms with Gasteiger partial charge in [-0.3, -0.25) is 4.79 Å². The number of hydrogen-bond acceptors (Lipinski definition) is 3. The van der Waals surface area contributed by atoms with Crippen molar-refractivity contribution in [1.82, 2.24) is 4.90 Å². The Morgan fingerprint density at radius 2 is 1.77 bits per heavy atom. The van der Waals surface area contributed by atoms with E-state index >= 15 is 0 Å². The molecule has 1 atom stereocenters. The SMILES string of the molecule is CCCN(Cc1cc(N)ccc1N(C)C)C(=O)[C@H](CC)c1ccccc1. The van der Waals surface area contributed by atoms with Crippen LogP contribution in [0.3, 0.4) is 0 Å². The van der Waals surface area contributed by atoms with E-state index in [1.807, 2.05) is 67.5 Å². The van der Waals surface area contributed by atoms with Crippen molar-refractivity contribution in [2.75, 3.05) is 31.3 Å². The third kappa shape index (κ3) is 4.78. The Labute approximate surface area is 157 Å². The smallest absolute Gasteiger partial charge is 0.230 e. The maximum absolute atomic E-state index is 13.3. The fraction of sp³-hybridized carbons (Fsp3) is 0.409. The topological polar surface area (TPSA) is 49.6 Å². The van der Waals surface area contributed by atoms with Crippen LogP contribution in [0.15, 0.2) is 48.5 Å². The van der Waals surface area contributed by atoms with E-state index in [1.54, 1.807) is 0 Å². The summed E-state index contributed by atoms with van der Waals surface area (Å²) in [5.41, 5.74) is 10.0. The van der Waals surface area contributed by atoms with E-state index in [0.29, 0.717) is 6.54 Å². The van der Waals surface area contributed by atoms with Gasteiger partial charge in [0, 0.05) is 38.6 Å². The van der Waals surface area contributed by atoms with Gasteiger partial charge >= 0.3 is 0 Å². The van der Waals surface area contributed by atoms with Crippen molar-refractivity contribution in [3.05, 3.63) is 59.7 Å². The monoisotopic (exact) mass is 353 g/mol. The van der Waals surface area contributed by atoms with Gasteiger partial charge in [0.05, 0.1) is 5.92 Å². The van der Waals surface area contributed by atoms with Gasteiger partial charge in [-0.25, -0.2) is 0 Å². The lowest BCUT2D eigenvalue weighted by Gasteiger charge is -2.29. The summed E-state index contributed by atoms with van der Waals surface area (Å²) < 4.78 is 0. The van der Waals surface area contributed by atoms with Crippen LogP contribution in [0.25, 0.3) is 0 Å². The molecular weight excluding hydrogens is 322 g/mol. The molecule has 0 aliphatic rings. The van der Waals surface area contributed by atoms with Crippen LogP contribution in [0.5, 0.6) is 0 Å². The summed E-state index contributed by atoms with van der Waals surface area (Å²) >= 11 is 0. The Morgan fingerprint density at radius 1 is 1.08 bits per heavy atom. The predicted octanol–water partition coefficient (Wildman–Crippen LogP) is 4.27. The zero-order chi connectivity index (χ0) is 19.1. The van der Waals surface area contributed by atoms with Crippen LogP contribution in [0.4, 0.5) is 11.4 Å². The van der Waals surface area contributed by atoms with Gasteiger partial charge in [0.15, 0.2) is 0 Å². The molecule has 140 valence electrons. The normalized spacial score (nSPS) is 11.8. The van der Waals surface area contributed by atoms with Gasteiger partial charge in [-0.2, -0.15) is 0 Å². The Kier molecular flexibility index (Phi) is 7.07. The summed E-state index contributed by atoms with van der Waals surface area (Å²) in [6, 6.07) is 16.0. The number of nitrogen functional groups attached to an aromatic ring is 1. The Hall–Kier alpha value is -2.49. The largest absolute Gasteiger partial charge is 0.399 e. The second kappa shape index (κ2) is 9.27. The molecule has 2 aromatic rings. The first-order valence-corrected chi connectivity index (χ1v) is 9.37. The van der Waals surface area contributed by atoms with Crippen molar-refractivity contribution >= 4 is 17.3 Å². The summed E-state index contributed by atoms with van der Waals surface area (Å²) in [6.45, 7) is 5.50. The van der Waals surface area contributed by atoms with Crippen LogP contribution in [0, 0.1) is 0 Å². The zero-order valence-electron chi connectivity index (χ0n) is 16.4. The summed E-state index contributed by atoms with van der Waals surface area (Å²) in [6.07, 6.45) is 1.72. The fourth-order valence-corrected chi connectivity index (χ4v) is 3.37. The minimum Gasteiger partial charge on any atom is -0.399 e. The number of hydrogen-bond donors (Lipinski definition) is 1. The zero-order valence-corrected chi connectivity index (χ0v) is 16.4. The van der Waals surface area contributed by atoms with Crippen molar-refractivity contribution in [1.29, 1.82) is 0 Å². The number of benzene rings is 2. The summed E-state index contributed by atoms with van der Waals surface area (Å²) in [7, 11) is 4.03. The molecule has 4 nitrogen and oxygen atoms in total. The van der Waals surface area contributed by atoms with Crippen LogP contribution >= 0.6 is 0 Å². The van der Waals surface area contributed by atoms with Crippen molar-refractivity contribution in [2.24, 2.45) is 0 Å². The van der Waals surface area contributed by atoms with Gasteiger partial charge in [0.25, 0.3) is 0 Å². The number of nitrogens with two attached hydrogens (primary N) is 1. The van der Waals surface area contributed by atoms with Gasteiger partial charge in [-0.15, -0.1) is 0 Å². The molecule has 4 heteroatoms. The highest BCUT2D eigenvalue weighted by Gasteiger charge is 2.25. The lowest BCUT2D eigenvalue weighted by Crippen LogP contribution is -2.35. The van der Waals surface area contributed by atoms with Gasteiger partial charge in [-0.1, -0.05) is 44.2 Å². The molecular formula is C22H31N3O. The molecule has 0 aromatic heterocycles. The first-order chi connectivity index (χ1) is 12.5. The number of nitrogens with zero attached hydrogens (tertiary/aromatic N) is 2. The first kappa shape index (κ1) is 19.8. The molecule has 0 saturated carbocycles. The molecule has 0 bridgehead atoms. The highest BCUT2D eigenvalue weighted by Crippen LogP contribution is 2.27. The quantitative estimate of drug-likeness (QED) is 0.721. The molecule has 0 fully saturated rings. The van der Waals surface area contributed by atoms with Gasteiger partial charge in [0.2, 0.25) is 5.91 Å². The lowest BCUT2D eigenvalue weighted by molar-refractivity contribution is -0.133. The van der Waals surface area contributed by atoms with E-state index in [-0.39, 0.29) is 11.8 Å². The molecule has 0 radical (unpaired) electrons. The molecule has 0 aliphatic carbocycles. The molecule has 0 spiro atoms. The number of rotatable bonds is 8. The van der Waals surface area contributed by atoms with Crippen molar-refractivity contribution < 1.29 is 4.79 Å². The molecule has 2 aromatic carbocycles. The van der Waals surface area contributed by atoms with Crippen LogP contribution in [-0.2, 0) is 11.3 Å². The fourth-order valence-electron chi connectivity index (χ4n) is 3.37. The van der Waals surface area contributed by atoms with E-state index in [1.165, 1.54) is 0 Å². The maximum atomic E-state index is 13.3. The van der Waals surface area contributed by atoms with E-state index < -0.39 is 0 Å². The third-order valence-electron chi connectivity index (χ3n) is 4.66. The third-order valence-corrected chi connectivity index (χ3v) is 4.66. The minimum atomic E-state index is -0.105. The second-order valence-corrected chi connectivity index (χ2v) is 6.91. The molecule has 1 amide bonds. The highest BCUT2D eigenvalue weighted by atomic mass is 16.2. The van der Waals surface area contributed by atoms with Crippen LogP contribution in [0.1, 0.15) is 43.7 Å². The summed E-state index contributed by atoms with van der Waals surface area (Å²) in [5, 5.41) is 0.